The molecule has 2 heterocycles. The van der Waals surface area contributed by atoms with Crippen LogP contribution in [0.4, 0.5) is 4.79 Å². The van der Waals surface area contributed by atoms with Crippen LogP contribution < -0.4 is 5.32 Å². The number of nitriles is 1. The van der Waals surface area contributed by atoms with Crippen LogP contribution in [0.2, 0.25) is 0 Å². The van der Waals surface area contributed by atoms with Gasteiger partial charge in [0.15, 0.2) is 0 Å². The van der Waals surface area contributed by atoms with Gasteiger partial charge in [-0.25, -0.2) is 4.79 Å². The SMILES string of the molecule is CC(C)OC(=O)N[C@@H]1Cc2c(n(Cc3cnccn3)c3ccc(C#N)cc23)C1. The van der Waals surface area contributed by atoms with Crippen molar-refractivity contribution in [2.24, 2.45) is 0 Å². The first-order chi connectivity index (χ1) is 13.5. The molecule has 0 aliphatic heterocycles. The maximum absolute atomic E-state index is 12.0. The Kier molecular flexibility index (Phi) is 4.70. The standard InChI is InChI=1S/C21H21N5O2/c1-13(2)28-21(27)25-15-8-18-17-7-14(10-22)3-4-19(17)26(20(18)9-15)12-16-11-23-5-6-24-16/h3-7,11,13,15H,8-9,12H2,1-2H3,(H,25,27)/t15-/m1/s1. The molecular weight excluding hydrogens is 354 g/mol. The molecule has 1 N–H and O–H groups in total. The van der Waals surface area contributed by atoms with Crippen LogP contribution in [0.1, 0.15) is 36.4 Å². The van der Waals surface area contributed by atoms with Gasteiger partial charge in [0.2, 0.25) is 0 Å². The van der Waals surface area contributed by atoms with Crippen LogP contribution in [0.3, 0.4) is 0 Å². The van der Waals surface area contributed by atoms with Crippen molar-refractivity contribution in [1.82, 2.24) is 19.9 Å². The molecule has 142 valence electrons. The average molecular weight is 375 g/mol. The fourth-order valence-corrected chi connectivity index (χ4v) is 3.83. The largest absolute Gasteiger partial charge is 0.447 e. The molecular formula is C21H21N5O2. The number of carbonyl (C=O) groups excluding carboxylic acids is 1. The van der Waals surface area contributed by atoms with Gasteiger partial charge in [0, 0.05) is 41.5 Å². The lowest BCUT2D eigenvalue weighted by Gasteiger charge is -2.16. The Morgan fingerprint density at radius 3 is 2.96 bits per heavy atom. The second-order valence-electron chi connectivity index (χ2n) is 7.26. The lowest BCUT2D eigenvalue weighted by Crippen LogP contribution is -2.37. The van der Waals surface area contributed by atoms with Gasteiger partial charge in [0.05, 0.1) is 36.2 Å². The maximum Gasteiger partial charge on any atom is 0.407 e. The van der Waals surface area contributed by atoms with Gasteiger partial charge in [-0.1, -0.05) is 0 Å². The van der Waals surface area contributed by atoms with Crippen LogP contribution in [0.15, 0.2) is 36.8 Å². The minimum absolute atomic E-state index is 0.0282. The highest BCUT2D eigenvalue weighted by Crippen LogP contribution is 2.34. The van der Waals surface area contributed by atoms with E-state index in [1.165, 1.54) is 5.56 Å². The van der Waals surface area contributed by atoms with Gasteiger partial charge >= 0.3 is 6.09 Å². The van der Waals surface area contributed by atoms with E-state index in [0.717, 1.165) is 22.3 Å². The quantitative estimate of drug-likeness (QED) is 0.757. The zero-order chi connectivity index (χ0) is 19.7. The molecule has 0 unspecified atom stereocenters. The van der Waals surface area contributed by atoms with Crippen molar-refractivity contribution in [1.29, 1.82) is 5.26 Å². The molecule has 28 heavy (non-hydrogen) atoms. The van der Waals surface area contributed by atoms with E-state index < -0.39 is 6.09 Å². The first-order valence-electron chi connectivity index (χ1n) is 9.31. The van der Waals surface area contributed by atoms with Crippen LogP contribution in [0, 0.1) is 11.3 Å². The minimum Gasteiger partial charge on any atom is -0.447 e. The summed E-state index contributed by atoms with van der Waals surface area (Å²) in [4.78, 5) is 20.6. The molecule has 1 aliphatic rings. The topological polar surface area (TPSA) is 92.8 Å². The van der Waals surface area contributed by atoms with Crippen molar-refractivity contribution in [3.05, 3.63) is 59.3 Å². The molecule has 0 bridgehead atoms. The second kappa shape index (κ2) is 7.31. The summed E-state index contributed by atoms with van der Waals surface area (Å²) in [6.07, 6.45) is 5.96. The summed E-state index contributed by atoms with van der Waals surface area (Å²) in [5, 5.41) is 13.3. The summed E-state index contributed by atoms with van der Waals surface area (Å²) in [6, 6.07) is 7.93. The normalized spacial score (nSPS) is 15.4. The highest BCUT2D eigenvalue weighted by Gasteiger charge is 2.30. The molecule has 0 saturated heterocycles. The van der Waals surface area contributed by atoms with Gasteiger partial charge < -0.3 is 14.6 Å². The van der Waals surface area contributed by atoms with E-state index >= 15 is 0 Å². The molecule has 2 aromatic heterocycles. The van der Waals surface area contributed by atoms with E-state index in [9.17, 15) is 10.1 Å². The van der Waals surface area contributed by atoms with E-state index in [4.69, 9.17) is 4.74 Å². The van der Waals surface area contributed by atoms with E-state index in [1.807, 2.05) is 32.0 Å². The van der Waals surface area contributed by atoms with E-state index in [0.29, 0.717) is 24.9 Å². The lowest BCUT2D eigenvalue weighted by atomic mass is 10.1. The molecule has 1 aliphatic carbocycles. The molecule has 0 radical (unpaired) electrons. The van der Waals surface area contributed by atoms with Crippen molar-refractivity contribution in [2.75, 3.05) is 0 Å². The number of rotatable bonds is 4. The Morgan fingerprint density at radius 2 is 2.25 bits per heavy atom. The first-order valence-corrected chi connectivity index (χ1v) is 9.31. The van der Waals surface area contributed by atoms with Crippen LogP contribution in [0.5, 0.6) is 0 Å². The zero-order valence-electron chi connectivity index (χ0n) is 15.8. The molecule has 0 spiro atoms. The van der Waals surface area contributed by atoms with Gasteiger partial charge in [-0.05, 0) is 44.0 Å². The Balaban J connectivity index is 1.69. The fraction of sp³-hybridized carbons (Fsp3) is 0.333. The summed E-state index contributed by atoms with van der Waals surface area (Å²) in [6.45, 7) is 4.25. The average Bonchev–Trinajstić information content (AvgIpc) is 3.19. The molecule has 1 aromatic carbocycles. The third-order valence-corrected chi connectivity index (χ3v) is 4.91. The van der Waals surface area contributed by atoms with Crippen LogP contribution in [-0.4, -0.2) is 32.8 Å². The maximum atomic E-state index is 12.0. The highest BCUT2D eigenvalue weighted by atomic mass is 16.6. The summed E-state index contributed by atoms with van der Waals surface area (Å²) in [5.41, 5.74) is 4.89. The molecule has 4 rings (SSSR count). The lowest BCUT2D eigenvalue weighted by molar-refractivity contribution is 0.112. The predicted molar refractivity (Wildman–Crippen MR) is 104 cm³/mol. The predicted octanol–water partition coefficient (Wildman–Crippen LogP) is 2.95. The van der Waals surface area contributed by atoms with Crippen molar-refractivity contribution in [3.63, 3.8) is 0 Å². The number of nitrogens with zero attached hydrogens (tertiary/aromatic N) is 4. The fourth-order valence-electron chi connectivity index (χ4n) is 3.83. The molecule has 3 aromatic rings. The van der Waals surface area contributed by atoms with Gasteiger partial charge in [0.25, 0.3) is 0 Å². The number of fused-ring (bicyclic) bond motifs is 3. The number of carbonyl (C=O) groups is 1. The third-order valence-electron chi connectivity index (χ3n) is 4.91. The molecule has 1 amide bonds. The van der Waals surface area contributed by atoms with Crippen molar-refractivity contribution in [3.8, 4) is 6.07 Å². The summed E-state index contributed by atoms with van der Waals surface area (Å²) in [7, 11) is 0. The Labute approximate surface area is 163 Å². The van der Waals surface area contributed by atoms with E-state index in [1.54, 1.807) is 18.6 Å². The number of hydrogen-bond acceptors (Lipinski definition) is 5. The van der Waals surface area contributed by atoms with Gasteiger partial charge in [-0.3, -0.25) is 9.97 Å². The molecule has 7 heteroatoms. The smallest absolute Gasteiger partial charge is 0.407 e. The van der Waals surface area contributed by atoms with E-state index in [-0.39, 0.29) is 12.1 Å². The third kappa shape index (κ3) is 3.41. The summed E-state index contributed by atoms with van der Waals surface area (Å²) in [5.74, 6) is 0. The number of aromatic nitrogens is 3. The Bertz CT molecular complexity index is 1070. The first kappa shape index (κ1) is 18.0. The molecule has 1 atom stereocenters. The number of benzene rings is 1. The van der Waals surface area contributed by atoms with Crippen LogP contribution >= 0.6 is 0 Å². The summed E-state index contributed by atoms with van der Waals surface area (Å²) >= 11 is 0. The molecule has 0 fully saturated rings. The van der Waals surface area contributed by atoms with Crippen molar-refractivity contribution >= 4 is 17.0 Å². The number of hydrogen-bond donors (Lipinski definition) is 1. The van der Waals surface area contributed by atoms with Crippen LogP contribution in [0.25, 0.3) is 10.9 Å². The van der Waals surface area contributed by atoms with Gasteiger partial charge in [0.1, 0.15) is 0 Å². The van der Waals surface area contributed by atoms with Crippen molar-refractivity contribution < 1.29 is 9.53 Å². The number of ether oxygens (including phenoxy) is 1. The van der Waals surface area contributed by atoms with Gasteiger partial charge in [-0.2, -0.15) is 5.26 Å². The second-order valence-corrected chi connectivity index (χ2v) is 7.26. The molecule has 0 saturated carbocycles. The number of alkyl carbamates (subject to hydrolysis) is 1. The Morgan fingerprint density at radius 1 is 1.39 bits per heavy atom. The molecule has 7 nitrogen and oxygen atoms in total. The number of nitrogens with one attached hydrogen (secondary N) is 1. The van der Waals surface area contributed by atoms with Crippen LogP contribution in [-0.2, 0) is 24.1 Å². The Hall–Kier alpha value is -3.40. The summed E-state index contributed by atoms with van der Waals surface area (Å²) < 4.78 is 7.43. The highest BCUT2D eigenvalue weighted by molar-refractivity contribution is 5.88. The monoisotopic (exact) mass is 375 g/mol. The minimum atomic E-state index is -0.396. The zero-order valence-corrected chi connectivity index (χ0v) is 15.8. The van der Waals surface area contributed by atoms with E-state index in [2.05, 4.69) is 25.9 Å². The van der Waals surface area contributed by atoms with Gasteiger partial charge in [-0.15, -0.1) is 0 Å². The number of amides is 1. The van der Waals surface area contributed by atoms with Crippen molar-refractivity contribution in [2.45, 2.75) is 45.4 Å².